The van der Waals surface area contributed by atoms with E-state index in [-0.39, 0.29) is 17.5 Å². The molecule has 31 heavy (non-hydrogen) atoms. The van der Waals surface area contributed by atoms with Crippen LogP contribution in [0.5, 0.6) is 5.75 Å². The van der Waals surface area contributed by atoms with E-state index in [4.69, 9.17) is 4.74 Å². The number of carbonyl (C=O) groups is 1. The Hall–Kier alpha value is -2.55. The fourth-order valence-corrected chi connectivity index (χ4v) is 4.99. The van der Waals surface area contributed by atoms with Crippen LogP contribution in [0.2, 0.25) is 0 Å². The van der Waals surface area contributed by atoms with Crippen LogP contribution < -0.4 is 9.46 Å². The van der Waals surface area contributed by atoms with Crippen molar-refractivity contribution in [1.82, 2.24) is 4.90 Å². The Kier molecular flexibility index (Phi) is 5.37. The Morgan fingerprint density at radius 3 is 2.94 bits per heavy atom. The van der Waals surface area contributed by atoms with Gasteiger partial charge in [-0.25, -0.2) is 9.18 Å². The SMILES string of the molecule is O=C(O)c1c(NSc2ccc(F)cc2/C=C\CN2CC(O)C2)ccc2c1OCC1CC21. The molecule has 5 rings (SSSR count). The predicted octanol–water partition coefficient (Wildman–Crippen LogP) is 3.83. The quantitative estimate of drug-likeness (QED) is 0.562. The maximum absolute atomic E-state index is 13.8. The molecule has 0 spiro atoms. The highest BCUT2D eigenvalue weighted by Crippen LogP contribution is 2.55. The summed E-state index contributed by atoms with van der Waals surface area (Å²) in [5.74, 6) is 0.0129. The summed E-state index contributed by atoms with van der Waals surface area (Å²) < 4.78 is 22.7. The van der Waals surface area contributed by atoms with Crippen LogP contribution in [0.1, 0.15) is 33.8 Å². The molecule has 3 aliphatic rings. The molecule has 2 aromatic rings. The first-order valence-corrected chi connectivity index (χ1v) is 11.1. The van der Waals surface area contributed by atoms with Gasteiger partial charge in [-0.3, -0.25) is 4.90 Å². The van der Waals surface area contributed by atoms with E-state index in [9.17, 15) is 19.4 Å². The monoisotopic (exact) mass is 442 g/mol. The van der Waals surface area contributed by atoms with Crippen LogP contribution in [0.4, 0.5) is 10.1 Å². The van der Waals surface area contributed by atoms with Crippen LogP contribution in [0, 0.1) is 11.7 Å². The van der Waals surface area contributed by atoms with E-state index in [1.165, 1.54) is 24.1 Å². The number of carboxylic acids is 1. The van der Waals surface area contributed by atoms with Gasteiger partial charge in [-0.15, -0.1) is 0 Å². The lowest BCUT2D eigenvalue weighted by atomic mass is 10.0. The molecule has 2 heterocycles. The second kappa shape index (κ2) is 8.18. The Morgan fingerprint density at radius 2 is 2.16 bits per heavy atom. The molecule has 6 nitrogen and oxygen atoms in total. The topological polar surface area (TPSA) is 82.0 Å². The summed E-state index contributed by atoms with van der Waals surface area (Å²) in [6, 6.07) is 8.24. The lowest BCUT2D eigenvalue weighted by Crippen LogP contribution is -2.50. The Bertz CT molecular complexity index is 1050. The lowest BCUT2D eigenvalue weighted by Gasteiger charge is -2.34. The Morgan fingerprint density at radius 1 is 1.32 bits per heavy atom. The maximum atomic E-state index is 13.8. The van der Waals surface area contributed by atoms with Crippen LogP contribution in [0.25, 0.3) is 6.08 Å². The summed E-state index contributed by atoms with van der Waals surface area (Å²) in [6.07, 6.45) is 4.58. The van der Waals surface area contributed by atoms with E-state index in [0.29, 0.717) is 55.1 Å². The first-order valence-electron chi connectivity index (χ1n) is 10.3. The van der Waals surface area contributed by atoms with Crippen LogP contribution in [0.3, 0.4) is 0 Å². The van der Waals surface area contributed by atoms with E-state index in [1.807, 2.05) is 18.2 Å². The second-order valence-electron chi connectivity index (χ2n) is 8.29. The minimum absolute atomic E-state index is 0.144. The first-order chi connectivity index (χ1) is 15.0. The zero-order valence-electron chi connectivity index (χ0n) is 16.8. The van der Waals surface area contributed by atoms with E-state index in [0.717, 1.165) is 16.9 Å². The van der Waals surface area contributed by atoms with Gasteiger partial charge < -0.3 is 19.7 Å². The number of anilines is 1. The number of ether oxygens (including phenoxy) is 1. The van der Waals surface area contributed by atoms with Crippen LogP contribution in [-0.2, 0) is 0 Å². The number of halogens is 1. The molecule has 0 bridgehead atoms. The summed E-state index contributed by atoms with van der Waals surface area (Å²) in [6.45, 7) is 2.54. The zero-order chi connectivity index (χ0) is 21.5. The number of β-amino-alcohol motifs (C(OH)–C–C–N with tert-alkyl or cyclic N) is 1. The van der Waals surface area contributed by atoms with Gasteiger partial charge in [0.2, 0.25) is 0 Å². The van der Waals surface area contributed by atoms with Crippen molar-refractivity contribution < 1.29 is 24.1 Å². The fourth-order valence-electron chi connectivity index (χ4n) is 4.22. The van der Waals surface area contributed by atoms with Crippen molar-refractivity contribution in [2.45, 2.75) is 23.3 Å². The van der Waals surface area contributed by atoms with Crippen molar-refractivity contribution >= 4 is 29.7 Å². The number of nitrogens with one attached hydrogen (secondary N) is 1. The molecule has 0 aromatic heterocycles. The second-order valence-corrected chi connectivity index (χ2v) is 9.13. The van der Waals surface area contributed by atoms with Crippen LogP contribution in [0.15, 0.2) is 41.3 Å². The van der Waals surface area contributed by atoms with Crippen molar-refractivity contribution in [1.29, 1.82) is 0 Å². The summed E-state index contributed by atoms with van der Waals surface area (Å²) in [5.41, 5.74) is 2.28. The lowest BCUT2D eigenvalue weighted by molar-refractivity contribution is 0.00991. The molecule has 1 saturated carbocycles. The molecule has 2 aliphatic heterocycles. The molecule has 2 aromatic carbocycles. The predicted molar refractivity (Wildman–Crippen MR) is 117 cm³/mol. The van der Waals surface area contributed by atoms with Crippen molar-refractivity contribution in [2.24, 2.45) is 5.92 Å². The summed E-state index contributed by atoms with van der Waals surface area (Å²) in [4.78, 5) is 14.8. The van der Waals surface area contributed by atoms with Gasteiger partial charge in [0.25, 0.3) is 0 Å². The fraction of sp³-hybridized carbons (Fsp3) is 0.348. The molecule has 2 unspecified atom stereocenters. The third-order valence-corrected chi connectivity index (χ3v) is 6.92. The largest absolute Gasteiger partial charge is 0.492 e. The minimum Gasteiger partial charge on any atom is -0.492 e. The highest BCUT2D eigenvalue weighted by Gasteiger charge is 2.45. The molecule has 1 aliphatic carbocycles. The number of carboxylic acid groups (broad SMARTS) is 1. The number of hydrogen-bond donors (Lipinski definition) is 3. The average Bonchev–Trinajstić information content (AvgIpc) is 3.51. The first kappa shape index (κ1) is 20.4. The summed E-state index contributed by atoms with van der Waals surface area (Å²) in [5, 5.41) is 19.2. The normalized spacial score (nSPS) is 22.4. The smallest absolute Gasteiger partial charge is 0.341 e. The van der Waals surface area contributed by atoms with E-state index in [1.54, 1.807) is 12.1 Å². The van der Waals surface area contributed by atoms with Crippen LogP contribution in [-0.4, -0.2) is 53.4 Å². The van der Waals surface area contributed by atoms with Gasteiger partial charge in [0.1, 0.15) is 17.1 Å². The third-order valence-electron chi connectivity index (χ3n) is 6.01. The number of benzene rings is 2. The molecular weight excluding hydrogens is 419 g/mol. The molecule has 1 saturated heterocycles. The highest BCUT2D eigenvalue weighted by molar-refractivity contribution is 8.00. The number of nitrogens with zero attached hydrogens (tertiary/aromatic N) is 1. The van der Waals surface area contributed by atoms with Crippen LogP contribution >= 0.6 is 11.9 Å². The van der Waals surface area contributed by atoms with Crippen molar-refractivity contribution in [3.63, 3.8) is 0 Å². The van der Waals surface area contributed by atoms with E-state index < -0.39 is 5.97 Å². The number of aromatic carboxylic acids is 1. The number of aliphatic hydroxyl groups is 1. The molecule has 2 atom stereocenters. The van der Waals surface area contributed by atoms with E-state index in [2.05, 4.69) is 9.62 Å². The number of aliphatic hydroxyl groups excluding tert-OH is 1. The summed E-state index contributed by atoms with van der Waals surface area (Å²) in [7, 11) is 0. The van der Waals surface area contributed by atoms with Gasteiger partial charge >= 0.3 is 5.97 Å². The zero-order valence-corrected chi connectivity index (χ0v) is 17.6. The maximum Gasteiger partial charge on any atom is 0.341 e. The molecule has 2 fully saturated rings. The van der Waals surface area contributed by atoms with Gasteiger partial charge in [-0.2, -0.15) is 0 Å². The molecule has 0 radical (unpaired) electrons. The van der Waals surface area contributed by atoms with Crippen molar-refractivity contribution in [3.8, 4) is 5.75 Å². The number of rotatable bonds is 7. The summed E-state index contributed by atoms with van der Waals surface area (Å²) >= 11 is 1.24. The van der Waals surface area contributed by atoms with Gasteiger partial charge in [0, 0.05) is 30.4 Å². The molecule has 0 amide bonds. The van der Waals surface area contributed by atoms with Gasteiger partial charge in [0.15, 0.2) is 0 Å². The highest BCUT2D eigenvalue weighted by atomic mass is 32.2. The average molecular weight is 443 g/mol. The molecule has 8 heteroatoms. The molecule has 3 N–H and O–H groups in total. The van der Waals surface area contributed by atoms with Gasteiger partial charge in [0.05, 0.1) is 18.4 Å². The minimum atomic E-state index is -1.03. The number of fused-ring (bicyclic) bond motifs is 3. The van der Waals surface area contributed by atoms with Crippen molar-refractivity contribution in [3.05, 3.63) is 58.9 Å². The standard InChI is InChI=1S/C23H23FN2O4S/c24-15-3-6-20(13(8-15)2-1-7-26-10-16(27)11-26)31-25-19-5-4-17-18-9-14(18)12-30-22(17)21(19)23(28)29/h1-6,8,14,16,18,25,27H,7,9-12H2,(H,28,29)/b2-1-. The number of likely N-dealkylation sites (tertiary alicyclic amines) is 1. The molecular formula is C23H23FN2O4S. The van der Waals surface area contributed by atoms with Gasteiger partial charge in [-0.05, 0) is 59.7 Å². The van der Waals surface area contributed by atoms with Crippen molar-refractivity contribution in [2.75, 3.05) is 31.0 Å². The third kappa shape index (κ3) is 4.15. The van der Waals surface area contributed by atoms with E-state index >= 15 is 0 Å². The number of hydrogen-bond acceptors (Lipinski definition) is 6. The van der Waals surface area contributed by atoms with Gasteiger partial charge in [-0.1, -0.05) is 18.2 Å². The molecule has 162 valence electrons. The Labute approximate surface area is 183 Å². The Balaban J connectivity index is 1.34.